The van der Waals surface area contributed by atoms with E-state index in [1.807, 2.05) is 0 Å². The number of hydrogen-bond donors (Lipinski definition) is 1. The van der Waals surface area contributed by atoms with Crippen molar-refractivity contribution in [3.63, 3.8) is 0 Å². The molecule has 1 N–H and O–H groups in total. The highest BCUT2D eigenvalue weighted by Gasteiger charge is 2.32. The lowest BCUT2D eigenvalue weighted by atomic mass is 10.0. The standard InChI is InChI=1S/C8H16N2O/c1-10(2,3)7-5-4-6-9-8(7)11/h7H,4-6H2,1-3H3/p+1. The molecule has 1 rings (SSSR count). The van der Waals surface area contributed by atoms with Crippen LogP contribution in [0.2, 0.25) is 0 Å². The minimum Gasteiger partial charge on any atom is -0.351 e. The summed E-state index contributed by atoms with van der Waals surface area (Å²) in [4.78, 5) is 11.3. The SMILES string of the molecule is C[N+](C)(C)C1CCCNC1=O. The second kappa shape index (κ2) is 2.81. The Morgan fingerprint density at radius 1 is 1.45 bits per heavy atom. The van der Waals surface area contributed by atoms with Crippen LogP contribution in [0.3, 0.4) is 0 Å². The molecular weight excluding hydrogens is 140 g/mol. The highest BCUT2D eigenvalue weighted by Crippen LogP contribution is 2.12. The highest BCUT2D eigenvalue weighted by atomic mass is 16.2. The van der Waals surface area contributed by atoms with Crippen molar-refractivity contribution in [2.24, 2.45) is 0 Å². The molecule has 0 spiro atoms. The third-order valence-electron chi connectivity index (χ3n) is 2.19. The fourth-order valence-corrected chi connectivity index (χ4v) is 1.49. The molecule has 0 saturated carbocycles. The Morgan fingerprint density at radius 2 is 2.09 bits per heavy atom. The van der Waals surface area contributed by atoms with Gasteiger partial charge in [0, 0.05) is 13.0 Å². The average molecular weight is 157 g/mol. The minimum absolute atomic E-state index is 0.156. The van der Waals surface area contributed by atoms with Gasteiger partial charge in [0.15, 0.2) is 6.04 Å². The molecule has 0 aromatic carbocycles. The van der Waals surface area contributed by atoms with Crippen LogP contribution in [-0.4, -0.2) is 44.1 Å². The number of quaternary nitrogens is 1. The zero-order valence-corrected chi connectivity index (χ0v) is 7.55. The summed E-state index contributed by atoms with van der Waals surface area (Å²) in [5.74, 6) is 0.212. The maximum Gasteiger partial charge on any atom is 0.278 e. The van der Waals surface area contributed by atoms with Crippen molar-refractivity contribution < 1.29 is 9.28 Å². The van der Waals surface area contributed by atoms with Gasteiger partial charge in [0.2, 0.25) is 0 Å². The maximum absolute atomic E-state index is 11.3. The van der Waals surface area contributed by atoms with E-state index in [1.54, 1.807) is 0 Å². The Morgan fingerprint density at radius 3 is 2.45 bits per heavy atom. The maximum atomic E-state index is 11.3. The molecule has 1 saturated heterocycles. The molecule has 1 aliphatic heterocycles. The van der Waals surface area contributed by atoms with Gasteiger partial charge in [-0.2, -0.15) is 0 Å². The summed E-state index contributed by atoms with van der Waals surface area (Å²) in [5, 5.41) is 2.88. The van der Waals surface area contributed by atoms with Crippen LogP contribution in [0.25, 0.3) is 0 Å². The van der Waals surface area contributed by atoms with Crippen molar-refractivity contribution >= 4 is 5.91 Å². The number of nitrogens with zero attached hydrogens (tertiary/aromatic N) is 1. The molecule has 1 fully saturated rings. The van der Waals surface area contributed by atoms with Crippen molar-refractivity contribution in [1.29, 1.82) is 0 Å². The molecule has 1 heterocycles. The molecule has 0 aliphatic carbocycles. The van der Waals surface area contributed by atoms with E-state index in [0.29, 0.717) is 0 Å². The summed E-state index contributed by atoms with van der Waals surface area (Å²) in [6.45, 7) is 0.856. The first-order valence-electron chi connectivity index (χ1n) is 4.10. The van der Waals surface area contributed by atoms with E-state index in [-0.39, 0.29) is 11.9 Å². The quantitative estimate of drug-likeness (QED) is 0.532. The molecule has 0 bridgehead atoms. The normalized spacial score (nSPS) is 26.5. The van der Waals surface area contributed by atoms with Gasteiger partial charge >= 0.3 is 0 Å². The summed E-state index contributed by atoms with van der Waals surface area (Å²) >= 11 is 0. The van der Waals surface area contributed by atoms with Crippen molar-refractivity contribution in [2.75, 3.05) is 27.7 Å². The van der Waals surface area contributed by atoms with E-state index in [0.717, 1.165) is 23.9 Å². The molecule has 1 aliphatic rings. The van der Waals surface area contributed by atoms with E-state index in [4.69, 9.17) is 0 Å². The second-order valence-electron chi connectivity index (χ2n) is 4.07. The predicted octanol–water partition coefficient (Wildman–Crippen LogP) is -0.0288. The minimum atomic E-state index is 0.156. The topological polar surface area (TPSA) is 29.1 Å². The highest BCUT2D eigenvalue weighted by molar-refractivity contribution is 5.81. The molecule has 1 amide bonds. The molecule has 1 atom stereocenters. The smallest absolute Gasteiger partial charge is 0.278 e. The summed E-state index contributed by atoms with van der Waals surface area (Å²) in [7, 11) is 6.20. The van der Waals surface area contributed by atoms with Crippen molar-refractivity contribution in [3.05, 3.63) is 0 Å². The van der Waals surface area contributed by atoms with E-state index in [2.05, 4.69) is 26.5 Å². The van der Waals surface area contributed by atoms with Gasteiger partial charge in [0.1, 0.15) is 0 Å². The summed E-state index contributed by atoms with van der Waals surface area (Å²) < 4.78 is 0.742. The van der Waals surface area contributed by atoms with Gasteiger partial charge in [-0.25, -0.2) is 0 Å². The number of carbonyl (C=O) groups is 1. The fourth-order valence-electron chi connectivity index (χ4n) is 1.49. The van der Waals surface area contributed by atoms with Crippen LogP contribution in [-0.2, 0) is 4.79 Å². The van der Waals surface area contributed by atoms with Gasteiger partial charge in [-0.05, 0) is 6.42 Å². The number of nitrogens with one attached hydrogen (secondary N) is 1. The van der Waals surface area contributed by atoms with Crippen LogP contribution in [0.1, 0.15) is 12.8 Å². The first-order chi connectivity index (χ1) is 5.02. The molecule has 0 aromatic rings. The van der Waals surface area contributed by atoms with E-state index >= 15 is 0 Å². The first kappa shape index (κ1) is 8.53. The molecule has 0 radical (unpaired) electrons. The number of rotatable bonds is 1. The van der Waals surface area contributed by atoms with Crippen molar-refractivity contribution in [3.8, 4) is 0 Å². The third kappa shape index (κ3) is 1.93. The van der Waals surface area contributed by atoms with Crippen LogP contribution in [0.4, 0.5) is 0 Å². The number of likely N-dealkylation sites (N-methyl/N-ethyl adjacent to an activating group) is 1. The van der Waals surface area contributed by atoms with Crippen LogP contribution in [0.5, 0.6) is 0 Å². The summed E-state index contributed by atoms with van der Waals surface area (Å²) in [6.07, 6.45) is 2.14. The zero-order valence-electron chi connectivity index (χ0n) is 7.55. The van der Waals surface area contributed by atoms with Gasteiger partial charge in [0.25, 0.3) is 5.91 Å². The van der Waals surface area contributed by atoms with Crippen molar-refractivity contribution in [2.45, 2.75) is 18.9 Å². The van der Waals surface area contributed by atoms with Gasteiger partial charge in [-0.1, -0.05) is 0 Å². The van der Waals surface area contributed by atoms with Gasteiger partial charge in [-0.15, -0.1) is 0 Å². The Kier molecular flexibility index (Phi) is 2.18. The lowest BCUT2D eigenvalue weighted by Crippen LogP contribution is -2.56. The van der Waals surface area contributed by atoms with E-state index in [1.165, 1.54) is 0 Å². The van der Waals surface area contributed by atoms with Crippen LogP contribution < -0.4 is 5.32 Å². The molecular formula is C8H17N2O+. The average Bonchev–Trinajstić information content (AvgIpc) is 1.86. The lowest BCUT2D eigenvalue weighted by molar-refractivity contribution is -0.887. The monoisotopic (exact) mass is 157 g/mol. The van der Waals surface area contributed by atoms with Crippen LogP contribution >= 0.6 is 0 Å². The zero-order chi connectivity index (χ0) is 8.48. The van der Waals surface area contributed by atoms with Gasteiger partial charge in [-0.3, -0.25) is 4.79 Å². The van der Waals surface area contributed by atoms with Crippen molar-refractivity contribution in [1.82, 2.24) is 5.32 Å². The Hall–Kier alpha value is -0.570. The van der Waals surface area contributed by atoms with Crippen LogP contribution in [0.15, 0.2) is 0 Å². The second-order valence-corrected chi connectivity index (χ2v) is 4.07. The van der Waals surface area contributed by atoms with Gasteiger partial charge in [0.05, 0.1) is 21.1 Å². The molecule has 64 valence electrons. The molecule has 11 heavy (non-hydrogen) atoms. The number of carbonyl (C=O) groups excluding carboxylic acids is 1. The Labute approximate surface area is 68.0 Å². The molecule has 3 nitrogen and oxygen atoms in total. The van der Waals surface area contributed by atoms with Crippen LogP contribution in [0, 0.1) is 0 Å². The molecule has 1 unspecified atom stereocenters. The number of hydrogen-bond acceptors (Lipinski definition) is 1. The third-order valence-corrected chi connectivity index (χ3v) is 2.19. The lowest BCUT2D eigenvalue weighted by Gasteiger charge is -2.35. The molecule has 0 aromatic heterocycles. The predicted molar refractivity (Wildman–Crippen MR) is 44.1 cm³/mol. The molecule has 3 heteroatoms. The fraction of sp³-hybridized carbons (Fsp3) is 0.875. The number of amides is 1. The summed E-state index contributed by atoms with van der Waals surface area (Å²) in [6, 6.07) is 0.156. The number of piperidine rings is 1. The Bertz CT molecular complexity index is 160. The van der Waals surface area contributed by atoms with E-state index < -0.39 is 0 Å². The largest absolute Gasteiger partial charge is 0.351 e. The Balaban J connectivity index is 2.62. The van der Waals surface area contributed by atoms with E-state index in [9.17, 15) is 4.79 Å². The van der Waals surface area contributed by atoms with Gasteiger partial charge < -0.3 is 9.80 Å². The summed E-state index contributed by atoms with van der Waals surface area (Å²) in [5.41, 5.74) is 0. The first-order valence-corrected chi connectivity index (χ1v) is 4.10.